The van der Waals surface area contributed by atoms with Crippen LogP contribution in [0.3, 0.4) is 0 Å². The molecule has 0 spiro atoms. The quantitative estimate of drug-likeness (QED) is 0.839. The van der Waals surface area contributed by atoms with Gasteiger partial charge in [0.25, 0.3) is 0 Å². The van der Waals surface area contributed by atoms with Crippen LogP contribution >= 0.6 is 0 Å². The molecule has 112 valence electrons. The van der Waals surface area contributed by atoms with Crippen molar-refractivity contribution in [3.63, 3.8) is 0 Å². The zero-order valence-corrected chi connectivity index (χ0v) is 13.1. The van der Waals surface area contributed by atoms with Crippen molar-refractivity contribution in [3.8, 4) is 0 Å². The van der Waals surface area contributed by atoms with Gasteiger partial charge in [-0.25, -0.2) is 0 Å². The number of hydrogen-bond acceptors (Lipinski definition) is 3. The third kappa shape index (κ3) is 3.39. The number of pyridine rings is 1. The molecule has 1 aromatic heterocycles. The Balaban J connectivity index is 2.18. The Morgan fingerprint density at radius 2 is 1.95 bits per heavy atom. The number of hydrogen-bond donors (Lipinski definition) is 1. The summed E-state index contributed by atoms with van der Waals surface area (Å²) >= 11 is 0. The molecule has 3 heteroatoms. The van der Waals surface area contributed by atoms with Gasteiger partial charge in [-0.2, -0.15) is 0 Å². The maximum absolute atomic E-state index is 6.21. The lowest BCUT2D eigenvalue weighted by Crippen LogP contribution is -2.53. The van der Waals surface area contributed by atoms with Crippen molar-refractivity contribution < 1.29 is 0 Å². The molecule has 3 nitrogen and oxygen atoms in total. The molecule has 2 N–H and O–H groups in total. The zero-order chi connectivity index (χ0) is 14.4. The van der Waals surface area contributed by atoms with Crippen LogP contribution in [0.25, 0.3) is 0 Å². The Morgan fingerprint density at radius 3 is 2.50 bits per heavy atom. The molecule has 1 aliphatic carbocycles. The zero-order valence-electron chi connectivity index (χ0n) is 13.1. The van der Waals surface area contributed by atoms with Crippen molar-refractivity contribution in [1.29, 1.82) is 0 Å². The largest absolute Gasteiger partial charge is 0.329 e. The topological polar surface area (TPSA) is 42.2 Å². The van der Waals surface area contributed by atoms with E-state index in [4.69, 9.17) is 5.73 Å². The lowest BCUT2D eigenvalue weighted by molar-refractivity contribution is 0.0742. The van der Waals surface area contributed by atoms with Gasteiger partial charge < -0.3 is 5.73 Å². The van der Waals surface area contributed by atoms with Crippen molar-refractivity contribution in [3.05, 3.63) is 29.6 Å². The fraction of sp³-hybridized carbons (Fsp3) is 0.706. The van der Waals surface area contributed by atoms with Crippen LogP contribution in [0.5, 0.6) is 0 Å². The van der Waals surface area contributed by atoms with Gasteiger partial charge in [0, 0.05) is 24.8 Å². The first-order valence-electron chi connectivity index (χ1n) is 8.07. The van der Waals surface area contributed by atoms with Gasteiger partial charge in [-0.05, 0) is 37.9 Å². The minimum Gasteiger partial charge on any atom is -0.329 e. The van der Waals surface area contributed by atoms with E-state index in [2.05, 4.69) is 29.8 Å². The second-order valence-corrected chi connectivity index (χ2v) is 6.12. The molecule has 1 fully saturated rings. The molecule has 1 aliphatic rings. The molecule has 2 rings (SSSR count). The van der Waals surface area contributed by atoms with Crippen LogP contribution in [0.4, 0.5) is 0 Å². The number of aryl methyl sites for hydroxylation is 1. The summed E-state index contributed by atoms with van der Waals surface area (Å²) in [5.41, 5.74) is 8.89. The van der Waals surface area contributed by atoms with Crippen molar-refractivity contribution in [2.24, 2.45) is 5.73 Å². The average molecular weight is 275 g/mol. The Morgan fingerprint density at radius 1 is 1.25 bits per heavy atom. The van der Waals surface area contributed by atoms with Crippen LogP contribution in [-0.4, -0.2) is 28.5 Å². The molecule has 0 saturated heterocycles. The lowest BCUT2D eigenvalue weighted by Gasteiger charge is -2.43. The van der Waals surface area contributed by atoms with Crippen LogP contribution < -0.4 is 5.73 Å². The first-order chi connectivity index (χ1) is 9.72. The highest BCUT2D eigenvalue weighted by Crippen LogP contribution is 2.32. The number of likely N-dealkylation sites (N-methyl/N-ethyl adjacent to an activating group) is 1. The van der Waals surface area contributed by atoms with Crippen LogP contribution in [0.1, 0.15) is 56.7 Å². The van der Waals surface area contributed by atoms with Crippen molar-refractivity contribution in [2.45, 2.75) is 64.5 Å². The van der Waals surface area contributed by atoms with Crippen LogP contribution in [-0.2, 0) is 6.54 Å². The van der Waals surface area contributed by atoms with Gasteiger partial charge >= 0.3 is 0 Å². The third-order valence-corrected chi connectivity index (χ3v) is 4.93. The predicted molar refractivity (Wildman–Crippen MR) is 84.5 cm³/mol. The monoisotopic (exact) mass is 275 g/mol. The molecule has 0 bridgehead atoms. The predicted octanol–water partition coefficient (Wildman–Crippen LogP) is 3.26. The van der Waals surface area contributed by atoms with E-state index in [-0.39, 0.29) is 5.54 Å². The molecule has 20 heavy (non-hydrogen) atoms. The summed E-state index contributed by atoms with van der Waals surface area (Å²) in [6.07, 6.45) is 9.73. The van der Waals surface area contributed by atoms with Gasteiger partial charge in [0.05, 0.1) is 5.69 Å². The molecule has 0 radical (unpaired) electrons. The molecular formula is C17H29N3. The molecule has 0 aliphatic heterocycles. The molecule has 0 amide bonds. The molecule has 0 atom stereocenters. The Hall–Kier alpha value is -0.930. The van der Waals surface area contributed by atoms with Gasteiger partial charge in [-0.1, -0.05) is 38.7 Å². The third-order valence-electron chi connectivity index (χ3n) is 4.93. The number of nitrogens with zero attached hydrogens (tertiary/aromatic N) is 2. The first-order valence-corrected chi connectivity index (χ1v) is 8.07. The molecule has 1 heterocycles. The second kappa shape index (κ2) is 7.19. The van der Waals surface area contributed by atoms with Gasteiger partial charge in [-0.3, -0.25) is 9.88 Å². The van der Waals surface area contributed by atoms with E-state index >= 15 is 0 Å². The number of rotatable bonds is 5. The van der Waals surface area contributed by atoms with E-state index in [1.807, 2.05) is 12.3 Å². The van der Waals surface area contributed by atoms with E-state index in [1.165, 1.54) is 49.8 Å². The Bertz CT molecular complexity index is 408. The maximum atomic E-state index is 6.21. The van der Waals surface area contributed by atoms with Gasteiger partial charge in [0.2, 0.25) is 0 Å². The van der Waals surface area contributed by atoms with Gasteiger partial charge in [-0.15, -0.1) is 0 Å². The molecular weight excluding hydrogens is 246 g/mol. The molecule has 0 unspecified atom stereocenters. The summed E-state index contributed by atoms with van der Waals surface area (Å²) in [6, 6.07) is 4.16. The summed E-state index contributed by atoms with van der Waals surface area (Å²) in [5.74, 6) is 0. The van der Waals surface area contributed by atoms with Gasteiger partial charge in [0.15, 0.2) is 0 Å². The summed E-state index contributed by atoms with van der Waals surface area (Å²) in [4.78, 5) is 7.14. The lowest BCUT2D eigenvalue weighted by atomic mass is 9.87. The Kier molecular flexibility index (Phi) is 5.55. The fourth-order valence-corrected chi connectivity index (χ4v) is 3.52. The smallest absolute Gasteiger partial charge is 0.0573 e. The fourth-order valence-electron chi connectivity index (χ4n) is 3.52. The van der Waals surface area contributed by atoms with E-state index in [9.17, 15) is 0 Å². The SMILES string of the molecule is CCN(Cc1ncccc1C)C1(CN)CCCCCC1. The second-order valence-electron chi connectivity index (χ2n) is 6.12. The summed E-state index contributed by atoms with van der Waals surface area (Å²) in [7, 11) is 0. The maximum Gasteiger partial charge on any atom is 0.0573 e. The van der Waals surface area contributed by atoms with Crippen LogP contribution in [0, 0.1) is 6.92 Å². The number of nitrogens with two attached hydrogens (primary N) is 1. The molecule has 1 aromatic rings. The van der Waals surface area contributed by atoms with Crippen LogP contribution in [0.15, 0.2) is 18.3 Å². The molecule has 1 saturated carbocycles. The van der Waals surface area contributed by atoms with Crippen molar-refractivity contribution in [1.82, 2.24) is 9.88 Å². The minimum absolute atomic E-state index is 0.190. The first kappa shape index (κ1) is 15.5. The normalized spacial score (nSPS) is 19.0. The average Bonchev–Trinajstić information content (AvgIpc) is 2.73. The van der Waals surface area contributed by atoms with Crippen molar-refractivity contribution in [2.75, 3.05) is 13.1 Å². The minimum atomic E-state index is 0.190. The summed E-state index contributed by atoms with van der Waals surface area (Å²) in [6.45, 7) is 7.15. The summed E-state index contributed by atoms with van der Waals surface area (Å²) < 4.78 is 0. The standard InChI is InChI=1S/C17H29N3/c1-3-20(13-16-15(2)9-8-12-19-16)17(14-18)10-6-4-5-7-11-17/h8-9,12H,3-7,10-11,13-14,18H2,1-2H3. The summed E-state index contributed by atoms with van der Waals surface area (Å²) in [5, 5.41) is 0. The van der Waals surface area contributed by atoms with Crippen LogP contribution in [0.2, 0.25) is 0 Å². The van der Waals surface area contributed by atoms with E-state index in [1.54, 1.807) is 0 Å². The highest BCUT2D eigenvalue weighted by Gasteiger charge is 2.35. The highest BCUT2D eigenvalue weighted by molar-refractivity contribution is 5.18. The van der Waals surface area contributed by atoms with E-state index in [0.29, 0.717) is 0 Å². The Labute approximate surface area is 123 Å². The van der Waals surface area contributed by atoms with Gasteiger partial charge in [0.1, 0.15) is 0 Å². The highest BCUT2D eigenvalue weighted by atomic mass is 15.2. The number of aromatic nitrogens is 1. The van der Waals surface area contributed by atoms with Crippen molar-refractivity contribution >= 4 is 0 Å². The van der Waals surface area contributed by atoms with E-state index in [0.717, 1.165) is 19.6 Å². The van der Waals surface area contributed by atoms with E-state index < -0.39 is 0 Å². The molecule has 0 aromatic carbocycles.